The monoisotopic (exact) mass is 245 g/mol. The van der Waals surface area contributed by atoms with Gasteiger partial charge in [-0.1, -0.05) is 56.0 Å². The molecule has 2 rings (SSSR count). The van der Waals surface area contributed by atoms with E-state index < -0.39 is 0 Å². The van der Waals surface area contributed by atoms with E-state index >= 15 is 0 Å². The standard InChI is InChI=1S/C17H27N/c18-15-17(12-6-1-2-7-13-17)14-8-11-16-9-4-3-5-10-16/h3-5,9-10H,1-2,6-8,11-15,18H2. The Bertz CT molecular complexity index is 323. The predicted octanol–water partition coefficient (Wildman–Crippen LogP) is 4.31. The fraction of sp³-hybridized carbons (Fsp3) is 0.647. The number of aryl methyl sites for hydroxylation is 1. The first-order chi connectivity index (χ1) is 8.85. The average molecular weight is 245 g/mol. The molecule has 1 aromatic rings. The Kier molecular flexibility index (Phi) is 5.25. The van der Waals surface area contributed by atoms with E-state index in [9.17, 15) is 0 Å². The fourth-order valence-corrected chi connectivity index (χ4v) is 3.35. The zero-order valence-electron chi connectivity index (χ0n) is 11.5. The molecule has 1 fully saturated rings. The van der Waals surface area contributed by atoms with Gasteiger partial charge in [0, 0.05) is 0 Å². The zero-order valence-corrected chi connectivity index (χ0v) is 11.5. The Hall–Kier alpha value is -0.820. The van der Waals surface area contributed by atoms with E-state index in [1.54, 1.807) is 0 Å². The maximum absolute atomic E-state index is 6.09. The van der Waals surface area contributed by atoms with Crippen molar-refractivity contribution in [3.05, 3.63) is 35.9 Å². The summed E-state index contributed by atoms with van der Waals surface area (Å²) in [5.41, 5.74) is 8.02. The summed E-state index contributed by atoms with van der Waals surface area (Å²) in [6.07, 6.45) is 12.2. The molecule has 2 N–H and O–H groups in total. The molecule has 0 aliphatic heterocycles. The molecule has 0 heterocycles. The van der Waals surface area contributed by atoms with Crippen molar-refractivity contribution in [2.45, 2.75) is 57.8 Å². The van der Waals surface area contributed by atoms with E-state index in [-0.39, 0.29) is 0 Å². The Morgan fingerprint density at radius 3 is 2.22 bits per heavy atom. The molecular weight excluding hydrogens is 218 g/mol. The minimum atomic E-state index is 0.464. The average Bonchev–Trinajstić information content (AvgIpc) is 2.66. The molecule has 0 radical (unpaired) electrons. The van der Waals surface area contributed by atoms with Crippen LogP contribution in [-0.2, 0) is 6.42 Å². The van der Waals surface area contributed by atoms with E-state index in [4.69, 9.17) is 5.73 Å². The van der Waals surface area contributed by atoms with Gasteiger partial charge in [-0.05, 0) is 49.6 Å². The lowest BCUT2D eigenvalue weighted by Crippen LogP contribution is -2.30. The first-order valence-electron chi connectivity index (χ1n) is 7.59. The molecular formula is C17H27N. The zero-order chi connectivity index (χ0) is 12.7. The highest BCUT2D eigenvalue weighted by Gasteiger charge is 2.28. The summed E-state index contributed by atoms with van der Waals surface area (Å²) in [5.74, 6) is 0. The van der Waals surface area contributed by atoms with Gasteiger partial charge in [-0.15, -0.1) is 0 Å². The molecule has 1 saturated carbocycles. The summed E-state index contributed by atoms with van der Waals surface area (Å²) in [6.45, 7) is 0.891. The molecule has 0 bridgehead atoms. The first-order valence-corrected chi connectivity index (χ1v) is 7.59. The second kappa shape index (κ2) is 6.94. The van der Waals surface area contributed by atoms with Crippen molar-refractivity contribution >= 4 is 0 Å². The van der Waals surface area contributed by atoms with E-state index in [2.05, 4.69) is 30.3 Å². The third kappa shape index (κ3) is 3.84. The first kappa shape index (κ1) is 13.6. The van der Waals surface area contributed by atoms with Crippen LogP contribution in [0.5, 0.6) is 0 Å². The molecule has 0 amide bonds. The van der Waals surface area contributed by atoms with Crippen LogP contribution in [0.1, 0.15) is 56.9 Å². The SMILES string of the molecule is NCC1(CCCc2ccccc2)CCCCCC1. The lowest BCUT2D eigenvalue weighted by atomic mass is 9.76. The number of hydrogen-bond acceptors (Lipinski definition) is 1. The van der Waals surface area contributed by atoms with Crippen LogP contribution < -0.4 is 5.73 Å². The molecule has 0 aromatic heterocycles. The van der Waals surface area contributed by atoms with Crippen molar-refractivity contribution < 1.29 is 0 Å². The van der Waals surface area contributed by atoms with Crippen molar-refractivity contribution in [2.75, 3.05) is 6.54 Å². The molecule has 0 unspecified atom stereocenters. The van der Waals surface area contributed by atoms with Crippen LogP contribution in [0.3, 0.4) is 0 Å². The number of nitrogens with two attached hydrogens (primary N) is 1. The Morgan fingerprint density at radius 2 is 1.61 bits per heavy atom. The fourth-order valence-electron chi connectivity index (χ4n) is 3.35. The van der Waals surface area contributed by atoms with Crippen LogP contribution in [0.2, 0.25) is 0 Å². The van der Waals surface area contributed by atoms with Crippen LogP contribution in [-0.4, -0.2) is 6.54 Å². The minimum Gasteiger partial charge on any atom is -0.330 e. The molecule has 100 valence electrons. The van der Waals surface area contributed by atoms with Crippen molar-refractivity contribution in [2.24, 2.45) is 11.1 Å². The van der Waals surface area contributed by atoms with Crippen LogP contribution in [0.15, 0.2) is 30.3 Å². The van der Waals surface area contributed by atoms with Crippen molar-refractivity contribution in [1.82, 2.24) is 0 Å². The second-order valence-electron chi connectivity index (χ2n) is 5.96. The number of hydrogen-bond donors (Lipinski definition) is 1. The van der Waals surface area contributed by atoms with Crippen molar-refractivity contribution in [3.63, 3.8) is 0 Å². The maximum atomic E-state index is 6.09. The van der Waals surface area contributed by atoms with E-state index in [1.165, 1.54) is 63.4 Å². The van der Waals surface area contributed by atoms with Gasteiger partial charge in [-0.25, -0.2) is 0 Å². The molecule has 1 aromatic carbocycles. The third-order valence-corrected chi connectivity index (χ3v) is 4.61. The van der Waals surface area contributed by atoms with Gasteiger partial charge in [-0.3, -0.25) is 0 Å². The van der Waals surface area contributed by atoms with Gasteiger partial charge < -0.3 is 5.73 Å². The molecule has 0 atom stereocenters. The predicted molar refractivity (Wildman–Crippen MR) is 78.6 cm³/mol. The van der Waals surface area contributed by atoms with Gasteiger partial charge in [0.1, 0.15) is 0 Å². The van der Waals surface area contributed by atoms with E-state index in [0.29, 0.717) is 5.41 Å². The third-order valence-electron chi connectivity index (χ3n) is 4.61. The molecule has 1 heteroatoms. The lowest BCUT2D eigenvalue weighted by molar-refractivity contribution is 0.227. The summed E-state index contributed by atoms with van der Waals surface area (Å²) in [4.78, 5) is 0. The highest BCUT2D eigenvalue weighted by Crippen LogP contribution is 2.38. The van der Waals surface area contributed by atoms with Gasteiger partial charge in [0.25, 0.3) is 0 Å². The van der Waals surface area contributed by atoms with Crippen molar-refractivity contribution in [3.8, 4) is 0 Å². The van der Waals surface area contributed by atoms with Gasteiger partial charge in [0.2, 0.25) is 0 Å². The smallest absolute Gasteiger partial charge is 0.00205 e. The van der Waals surface area contributed by atoms with Crippen molar-refractivity contribution in [1.29, 1.82) is 0 Å². The minimum absolute atomic E-state index is 0.464. The summed E-state index contributed by atoms with van der Waals surface area (Å²) >= 11 is 0. The summed E-state index contributed by atoms with van der Waals surface area (Å²) in [6, 6.07) is 10.8. The topological polar surface area (TPSA) is 26.0 Å². The van der Waals surface area contributed by atoms with Crippen LogP contribution in [0, 0.1) is 5.41 Å². The van der Waals surface area contributed by atoms with Gasteiger partial charge >= 0.3 is 0 Å². The Morgan fingerprint density at radius 1 is 0.944 bits per heavy atom. The number of benzene rings is 1. The lowest BCUT2D eigenvalue weighted by Gasteiger charge is -2.31. The highest BCUT2D eigenvalue weighted by atomic mass is 14.6. The van der Waals surface area contributed by atoms with Crippen LogP contribution in [0.25, 0.3) is 0 Å². The quantitative estimate of drug-likeness (QED) is 0.769. The van der Waals surface area contributed by atoms with Gasteiger partial charge in [0.05, 0.1) is 0 Å². The molecule has 0 spiro atoms. The highest BCUT2D eigenvalue weighted by molar-refractivity contribution is 5.14. The molecule has 1 aliphatic rings. The summed E-state index contributed by atoms with van der Waals surface area (Å²) in [5, 5.41) is 0. The maximum Gasteiger partial charge on any atom is -0.00205 e. The molecule has 1 aliphatic carbocycles. The van der Waals surface area contributed by atoms with Crippen LogP contribution in [0.4, 0.5) is 0 Å². The molecule has 18 heavy (non-hydrogen) atoms. The summed E-state index contributed by atoms with van der Waals surface area (Å²) < 4.78 is 0. The Balaban J connectivity index is 1.83. The van der Waals surface area contributed by atoms with Gasteiger partial charge in [-0.2, -0.15) is 0 Å². The van der Waals surface area contributed by atoms with E-state index in [1.807, 2.05) is 0 Å². The largest absolute Gasteiger partial charge is 0.330 e. The van der Waals surface area contributed by atoms with E-state index in [0.717, 1.165) is 6.54 Å². The Labute approximate surface area is 112 Å². The number of rotatable bonds is 5. The molecule has 0 saturated heterocycles. The normalized spacial score (nSPS) is 19.4. The van der Waals surface area contributed by atoms with Crippen LogP contribution >= 0.6 is 0 Å². The molecule has 1 nitrogen and oxygen atoms in total. The summed E-state index contributed by atoms with van der Waals surface area (Å²) in [7, 11) is 0. The second-order valence-corrected chi connectivity index (χ2v) is 5.96. The van der Waals surface area contributed by atoms with Gasteiger partial charge in [0.15, 0.2) is 0 Å².